The van der Waals surface area contributed by atoms with Crippen LogP contribution >= 0.6 is 11.6 Å². The predicted molar refractivity (Wildman–Crippen MR) is 89.2 cm³/mol. The average Bonchev–Trinajstić information content (AvgIpc) is 2.45. The molecule has 0 radical (unpaired) electrons. The Morgan fingerprint density at radius 3 is 2.41 bits per heavy atom. The van der Waals surface area contributed by atoms with Crippen LogP contribution in [0.15, 0.2) is 24.3 Å². The van der Waals surface area contributed by atoms with E-state index >= 15 is 0 Å². The number of hydrogen-bond acceptors (Lipinski definition) is 3. The van der Waals surface area contributed by atoms with E-state index in [1.807, 2.05) is 6.07 Å². The molecule has 0 aliphatic rings. The molecule has 0 unspecified atom stereocenters. The van der Waals surface area contributed by atoms with E-state index in [0.717, 1.165) is 5.56 Å². The number of benzene rings is 1. The van der Waals surface area contributed by atoms with E-state index in [4.69, 9.17) is 11.6 Å². The number of amides is 2. The Balaban J connectivity index is 2.63. The largest absolute Gasteiger partial charge is 0.347 e. The first-order valence-corrected chi connectivity index (χ1v) is 8.62. The lowest BCUT2D eigenvalue weighted by molar-refractivity contribution is -0.133. The van der Waals surface area contributed by atoms with Crippen LogP contribution in [-0.2, 0) is 20.4 Å². The monoisotopic (exact) mass is 344 g/mol. The SMILES string of the molecule is C[C@H](NC(=O)C[S@@](=O)[C@H](C)c1ccccc1Cl)C(=O)N(C)C. The van der Waals surface area contributed by atoms with E-state index in [-0.39, 0.29) is 16.9 Å². The third-order valence-corrected chi connectivity index (χ3v) is 5.13. The highest BCUT2D eigenvalue weighted by Crippen LogP contribution is 2.26. The normalized spacial score (nSPS) is 14.8. The number of nitrogens with one attached hydrogen (secondary N) is 1. The van der Waals surface area contributed by atoms with Gasteiger partial charge in [0.15, 0.2) is 0 Å². The molecule has 2 amide bonds. The van der Waals surface area contributed by atoms with E-state index in [0.29, 0.717) is 5.02 Å². The van der Waals surface area contributed by atoms with Gasteiger partial charge in [0.1, 0.15) is 11.8 Å². The van der Waals surface area contributed by atoms with Gasteiger partial charge in [0.25, 0.3) is 0 Å². The summed E-state index contributed by atoms with van der Waals surface area (Å²) in [7, 11) is 1.81. The molecule has 5 nitrogen and oxygen atoms in total. The number of nitrogens with zero attached hydrogens (tertiary/aromatic N) is 1. The smallest absolute Gasteiger partial charge is 0.244 e. The topological polar surface area (TPSA) is 66.5 Å². The zero-order valence-electron chi connectivity index (χ0n) is 13.1. The van der Waals surface area contributed by atoms with Crippen molar-refractivity contribution in [1.29, 1.82) is 0 Å². The van der Waals surface area contributed by atoms with Crippen molar-refractivity contribution in [3.63, 3.8) is 0 Å². The van der Waals surface area contributed by atoms with Crippen molar-refractivity contribution in [2.45, 2.75) is 25.1 Å². The van der Waals surface area contributed by atoms with Gasteiger partial charge in [-0.2, -0.15) is 0 Å². The Morgan fingerprint density at radius 1 is 1.27 bits per heavy atom. The maximum absolute atomic E-state index is 12.3. The van der Waals surface area contributed by atoms with Gasteiger partial charge in [-0.3, -0.25) is 13.8 Å². The molecule has 3 atom stereocenters. The molecule has 22 heavy (non-hydrogen) atoms. The van der Waals surface area contributed by atoms with E-state index in [2.05, 4.69) is 5.32 Å². The molecule has 0 aliphatic heterocycles. The molecule has 1 aromatic carbocycles. The van der Waals surface area contributed by atoms with Crippen molar-refractivity contribution < 1.29 is 13.8 Å². The zero-order valence-corrected chi connectivity index (χ0v) is 14.7. The van der Waals surface area contributed by atoms with Gasteiger partial charge in [-0.1, -0.05) is 29.8 Å². The minimum absolute atomic E-state index is 0.169. The summed E-state index contributed by atoms with van der Waals surface area (Å²) < 4.78 is 12.3. The first kappa shape index (κ1) is 18.6. The lowest BCUT2D eigenvalue weighted by Gasteiger charge is -2.18. The van der Waals surface area contributed by atoms with Crippen molar-refractivity contribution in [2.24, 2.45) is 0 Å². The molecule has 1 N–H and O–H groups in total. The second kappa shape index (κ2) is 8.29. The van der Waals surface area contributed by atoms with E-state index < -0.39 is 22.7 Å². The minimum atomic E-state index is -1.42. The Hall–Kier alpha value is -1.40. The summed E-state index contributed by atoms with van der Waals surface area (Å²) in [5.74, 6) is -0.796. The molecule has 0 bridgehead atoms. The summed E-state index contributed by atoms with van der Waals surface area (Å²) >= 11 is 6.08. The molecule has 0 aromatic heterocycles. The quantitative estimate of drug-likeness (QED) is 0.854. The van der Waals surface area contributed by atoms with Crippen molar-refractivity contribution in [3.05, 3.63) is 34.9 Å². The van der Waals surface area contributed by atoms with Crippen LogP contribution in [0.2, 0.25) is 5.02 Å². The van der Waals surface area contributed by atoms with Crippen LogP contribution in [0.3, 0.4) is 0 Å². The van der Waals surface area contributed by atoms with Crippen LogP contribution in [0.5, 0.6) is 0 Å². The van der Waals surface area contributed by atoms with Gasteiger partial charge in [0.05, 0.1) is 5.25 Å². The van der Waals surface area contributed by atoms with Crippen LogP contribution in [0.1, 0.15) is 24.7 Å². The molecule has 0 aliphatic carbocycles. The summed E-state index contributed by atoms with van der Waals surface area (Å²) in [5, 5.41) is 2.72. The summed E-state index contributed by atoms with van der Waals surface area (Å²) in [6.07, 6.45) is 0. The molecule has 0 heterocycles. The number of hydrogen-bond donors (Lipinski definition) is 1. The maximum atomic E-state index is 12.3. The first-order chi connectivity index (χ1) is 10.2. The van der Waals surface area contributed by atoms with Crippen LogP contribution < -0.4 is 5.32 Å². The van der Waals surface area contributed by atoms with E-state index in [1.54, 1.807) is 46.1 Å². The fraction of sp³-hybridized carbons (Fsp3) is 0.467. The second-order valence-electron chi connectivity index (χ2n) is 5.21. The highest BCUT2D eigenvalue weighted by molar-refractivity contribution is 7.86. The third-order valence-electron chi connectivity index (χ3n) is 3.20. The van der Waals surface area contributed by atoms with Gasteiger partial charge < -0.3 is 10.2 Å². The second-order valence-corrected chi connectivity index (χ2v) is 7.38. The summed E-state index contributed by atoms with van der Waals surface area (Å²) in [6.45, 7) is 3.36. The highest BCUT2D eigenvalue weighted by Gasteiger charge is 2.22. The fourth-order valence-corrected chi connectivity index (χ4v) is 3.38. The lowest BCUT2D eigenvalue weighted by atomic mass is 10.2. The van der Waals surface area contributed by atoms with Crippen molar-refractivity contribution in [2.75, 3.05) is 19.8 Å². The summed E-state index contributed by atoms with van der Waals surface area (Å²) in [4.78, 5) is 25.0. The van der Waals surface area contributed by atoms with Crippen LogP contribution in [-0.4, -0.2) is 46.8 Å². The molecule has 0 saturated heterocycles. The first-order valence-electron chi connectivity index (χ1n) is 6.86. The van der Waals surface area contributed by atoms with Crippen LogP contribution in [0.25, 0.3) is 0 Å². The van der Waals surface area contributed by atoms with Gasteiger partial charge in [-0.25, -0.2) is 0 Å². The average molecular weight is 345 g/mol. The third kappa shape index (κ3) is 5.10. The van der Waals surface area contributed by atoms with Gasteiger partial charge in [0.2, 0.25) is 11.8 Å². The van der Waals surface area contributed by atoms with Gasteiger partial charge in [0, 0.05) is 29.9 Å². The maximum Gasteiger partial charge on any atom is 0.244 e. The van der Waals surface area contributed by atoms with Crippen LogP contribution in [0.4, 0.5) is 0 Å². The zero-order chi connectivity index (χ0) is 16.9. The molecule has 0 spiro atoms. The summed E-state index contributed by atoms with van der Waals surface area (Å²) in [6, 6.07) is 6.48. The summed E-state index contributed by atoms with van der Waals surface area (Å²) in [5.41, 5.74) is 0.743. The van der Waals surface area contributed by atoms with Crippen molar-refractivity contribution >= 4 is 34.2 Å². The number of carbonyl (C=O) groups is 2. The Bertz CT molecular complexity index is 578. The molecular weight excluding hydrogens is 324 g/mol. The van der Waals surface area contributed by atoms with E-state index in [9.17, 15) is 13.8 Å². The van der Waals surface area contributed by atoms with Gasteiger partial charge in [-0.15, -0.1) is 0 Å². The molecule has 1 aromatic rings. The van der Waals surface area contributed by atoms with Crippen molar-refractivity contribution in [1.82, 2.24) is 10.2 Å². The Labute approximate surface area is 138 Å². The van der Waals surface area contributed by atoms with E-state index in [1.165, 1.54) is 4.90 Å². The number of carbonyl (C=O) groups excluding carboxylic acids is 2. The number of likely N-dealkylation sites (N-methyl/N-ethyl adjacent to an activating group) is 1. The lowest BCUT2D eigenvalue weighted by Crippen LogP contribution is -2.45. The number of rotatable bonds is 6. The van der Waals surface area contributed by atoms with Gasteiger partial charge in [-0.05, 0) is 25.5 Å². The van der Waals surface area contributed by atoms with Crippen LogP contribution in [0, 0.1) is 0 Å². The fourth-order valence-electron chi connectivity index (χ4n) is 1.93. The molecule has 7 heteroatoms. The molecule has 122 valence electrons. The minimum Gasteiger partial charge on any atom is -0.347 e. The standard InChI is InChI=1S/C15H21ClN2O3S/c1-10(15(20)18(3)4)17-14(19)9-22(21)11(2)12-7-5-6-8-13(12)16/h5-8,10-11H,9H2,1-4H3,(H,17,19)/t10-,11+,22+/m0/s1. The molecular formula is C15H21ClN2O3S. The Kier molecular flexibility index (Phi) is 7.03. The highest BCUT2D eigenvalue weighted by atomic mass is 35.5. The number of halogens is 1. The van der Waals surface area contributed by atoms with Crippen molar-refractivity contribution in [3.8, 4) is 0 Å². The van der Waals surface area contributed by atoms with Gasteiger partial charge >= 0.3 is 0 Å². The predicted octanol–water partition coefficient (Wildman–Crippen LogP) is 1.74. The molecule has 1 rings (SSSR count). The Morgan fingerprint density at radius 2 is 1.86 bits per heavy atom. The molecule has 0 fully saturated rings. The molecule has 0 saturated carbocycles.